The minimum absolute atomic E-state index is 0.479. The number of nitrogens with one attached hydrogen (secondary N) is 1. The maximum atomic E-state index is 10.8. The quantitative estimate of drug-likeness (QED) is 0.522. The van der Waals surface area contributed by atoms with E-state index in [2.05, 4.69) is 15.3 Å². The zero-order valence-corrected chi connectivity index (χ0v) is 14.1. The number of nitrogens with two attached hydrogens (primary N) is 1. The molecule has 0 aliphatic heterocycles. The molecule has 0 saturated carbocycles. The molecule has 1 amide bonds. The third-order valence-corrected chi connectivity index (χ3v) is 4.12. The lowest BCUT2D eigenvalue weighted by Gasteiger charge is -2.07. The van der Waals surface area contributed by atoms with E-state index in [1.165, 1.54) is 6.08 Å². The van der Waals surface area contributed by atoms with E-state index in [1.54, 1.807) is 24.0 Å². The van der Waals surface area contributed by atoms with Gasteiger partial charge in [0.1, 0.15) is 5.03 Å². The maximum Gasteiger partial charge on any atom is 0.241 e. The van der Waals surface area contributed by atoms with Crippen molar-refractivity contribution in [3.8, 4) is 0 Å². The van der Waals surface area contributed by atoms with Gasteiger partial charge >= 0.3 is 0 Å². The molecule has 1 heterocycles. The first-order valence-corrected chi connectivity index (χ1v) is 8.41. The van der Waals surface area contributed by atoms with Crippen LogP contribution in [-0.2, 0) is 4.79 Å². The summed E-state index contributed by atoms with van der Waals surface area (Å²) in [7, 11) is 0. The van der Waals surface area contributed by atoms with Crippen molar-refractivity contribution < 1.29 is 4.79 Å². The standard InChI is InChI=1S/C19H16N4OS/c20-17(24)10-9-14-5-4-6-15(13-14)22-19-21-12-11-18(23-19)25-16-7-2-1-3-8-16/h1-13H,(H2,20,24)(H,21,22,23). The molecule has 3 N–H and O–H groups in total. The average molecular weight is 348 g/mol. The Labute approximate surface area is 150 Å². The monoisotopic (exact) mass is 348 g/mol. The minimum Gasteiger partial charge on any atom is -0.366 e. The second-order valence-corrected chi connectivity index (χ2v) is 6.21. The highest BCUT2D eigenvalue weighted by molar-refractivity contribution is 7.99. The summed E-state index contributed by atoms with van der Waals surface area (Å²) in [5, 5.41) is 4.03. The number of carbonyl (C=O) groups is 1. The van der Waals surface area contributed by atoms with Gasteiger partial charge in [-0.1, -0.05) is 42.1 Å². The predicted molar refractivity (Wildman–Crippen MR) is 101 cm³/mol. The molecule has 0 radical (unpaired) electrons. The van der Waals surface area contributed by atoms with E-state index in [9.17, 15) is 4.79 Å². The van der Waals surface area contributed by atoms with E-state index in [-0.39, 0.29) is 0 Å². The van der Waals surface area contributed by atoms with Crippen LogP contribution in [0.1, 0.15) is 5.56 Å². The van der Waals surface area contributed by atoms with Crippen LogP contribution in [0.5, 0.6) is 0 Å². The molecular formula is C19H16N4OS. The highest BCUT2D eigenvalue weighted by atomic mass is 32.2. The van der Waals surface area contributed by atoms with Gasteiger partial charge in [0.25, 0.3) is 0 Å². The van der Waals surface area contributed by atoms with Gasteiger partial charge in [-0.3, -0.25) is 4.79 Å². The number of carbonyl (C=O) groups excluding carboxylic acids is 1. The van der Waals surface area contributed by atoms with Crippen LogP contribution < -0.4 is 11.1 Å². The van der Waals surface area contributed by atoms with Crippen molar-refractivity contribution in [1.29, 1.82) is 0 Å². The van der Waals surface area contributed by atoms with Crippen molar-refractivity contribution in [2.24, 2.45) is 5.73 Å². The Morgan fingerprint density at radius 2 is 1.92 bits per heavy atom. The third kappa shape index (κ3) is 5.19. The number of amides is 1. The van der Waals surface area contributed by atoms with Gasteiger partial charge in [0.05, 0.1) is 0 Å². The number of anilines is 2. The second-order valence-electron chi connectivity index (χ2n) is 5.12. The zero-order valence-electron chi connectivity index (χ0n) is 13.3. The molecule has 0 spiro atoms. The van der Waals surface area contributed by atoms with Gasteiger partial charge in [-0.25, -0.2) is 9.97 Å². The Morgan fingerprint density at radius 3 is 2.72 bits per heavy atom. The number of benzene rings is 2. The highest BCUT2D eigenvalue weighted by Gasteiger charge is 2.03. The molecule has 2 aromatic carbocycles. The van der Waals surface area contributed by atoms with Crippen molar-refractivity contribution in [3.63, 3.8) is 0 Å². The summed E-state index contributed by atoms with van der Waals surface area (Å²) in [6.45, 7) is 0. The number of hydrogen-bond donors (Lipinski definition) is 2. The van der Waals surface area contributed by atoms with Crippen molar-refractivity contribution in [3.05, 3.63) is 78.5 Å². The zero-order chi connectivity index (χ0) is 17.5. The molecule has 25 heavy (non-hydrogen) atoms. The number of hydrogen-bond acceptors (Lipinski definition) is 5. The maximum absolute atomic E-state index is 10.8. The summed E-state index contributed by atoms with van der Waals surface area (Å²) in [5.74, 6) is 0.0318. The largest absolute Gasteiger partial charge is 0.366 e. The molecule has 3 rings (SSSR count). The fourth-order valence-electron chi connectivity index (χ4n) is 2.10. The molecule has 0 bridgehead atoms. The minimum atomic E-state index is -0.479. The average Bonchev–Trinajstić information content (AvgIpc) is 2.61. The molecule has 0 aliphatic rings. The summed E-state index contributed by atoms with van der Waals surface area (Å²) in [6.07, 6.45) is 4.71. The molecule has 0 unspecified atom stereocenters. The fourth-order valence-corrected chi connectivity index (χ4v) is 2.89. The van der Waals surface area contributed by atoms with Crippen molar-refractivity contribution in [2.45, 2.75) is 9.92 Å². The first kappa shape index (κ1) is 16.7. The Morgan fingerprint density at radius 1 is 1.08 bits per heavy atom. The van der Waals surface area contributed by atoms with Gasteiger partial charge in [-0.05, 0) is 42.0 Å². The van der Waals surface area contributed by atoms with Crippen LogP contribution in [0.4, 0.5) is 11.6 Å². The first-order chi connectivity index (χ1) is 12.2. The predicted octanol–water partition coefficient (Wildman–Crippen LogP) is 3.87. The van der Waals surface area contributed by atoms with E-state index in [1.807, 2.05) is 60.7 Å². The molecule has 124 valence electrons. The number of aromatic nitrogens is 2. The highest BCUT2D eigenvalue weighted by Crippen LogP contribution is 2.26. The van der Waals surface area contributed by atoms with Crippen molar-refractivity contribution >= 4 is 35.4 Å². The van der Waals surface area contributed by atoms with E-state index in [4.69, 9.17) is 5.73 Å². The van der Waals surface area contributed by atoms with Gasteiger partial charge in [0.2, 0.25) is 11.9 Å². The molecule has 0 saturated heterocycles. The van der Waals surface area contributed by atoms with Crippen LogP contribution in [0.25, 0.3) is 6.08 Å². The lowest BCUT2D eigenvalue weighted by Crippen LogP contribution is -2.05. The van der Waals surface area contributed by atoms with E-state index < -0.39 is 5.91 Å². The van der Waals surface area contributed by atoms with Crippen molar-refractivity contribution in [1.82, 2.24) is 9.97 Å². The van der Waals surface area contributed by atoms with E-state index >= 15 is 0 Å². The summed E-state index contributed by atoms with van der Waals surface area (Å²) in [4.78, 5) is 20.7. The summed E-state index contributed by atoms with van der Waals surface area (Å²) >= 11 is 1.57. The summed E-state index contributed by atoms with van der Waals surface area (Å²) < 4.78 is 0. The third-order valence-electron chi connectivity index (χ3n) is 3.18. The van der Waals surface area contributed by atoms with Gasteiger partial charge in [-0.15, -0.1) is 0 Å². The van der Waals surface area contributed by atoms with Crippen LogP contribution in [0.3, 0.4) is 0 Å². The molecule has 6 heteroatoms. The molecule has 3 aromatic rings. The Hall–Kier alpha value is -3.12. The van der Waals surface area contributed by atoms with E-state index in [0.29, 0.717) is 5.95 Å². The Kier molecular flexibility index (Phi) is 5.43. The fraction of sp³-hybridized carbons (Fsp3) is 0. The van der Waals surface area contributed by atoms with Gasteiger partial charge in [0.15, 0.2) is 0 Å². The van der Waals surface area contributed by atoms with Gasteiger partial charge in [-0.2, -0.15) is 0 Å². The lowest BCUT2D eigenvalue weighted by molar-refractivity contribution is -0.113. The molecule has 0 fully saturated rings. The Balaban J connectivity index is 1.74. The molecular weight excluding hydrogens is 332 g/mol. The van der Waals surface area contributed by atoms with Gasteiger partial charge < -0.3 is 11.1 Å². The van der Waals surface area contributed by atoms with Crippen LogP contribution in [0.2, 0.25) is 0 Å². The Bertz CT molecular complexity index is 897. The normalized spacial score (nSPS) is 10.7. The smallest absolute Gasteiger partial charge is 0.241 e. The number of primary amides is 1. The first-order valence-electron chi connectivity index (χ1n) is 7.59. The van der Waals surface area contributed by atoms with Crippen LogP contribution in [0.15, 0.2) is 82.9 Å². The number of nitrogens with zero attached hydrogens (tertiary/aromatic N) is 2. The summed E-state index contributed by atoms with van der Waals surface area (Å²) in [5.41, 5.74) is 6.81. The molecule has 0 atom stereocenters. The molecule has 5 nitrogen and oxygen atoms in total. The van der Waals surface area contributed by atoms with E-state index in [0.717, 1.165) is 21.2 Å². The SMILES string of the molecule is NC(=O)C=Cc1cccc(Nc2nccc(Sc3ccccc3)n2)c1. The summed E-state index contributed by atoms with van der Waals surface area (Å²) in [6, 6.07) is 19.5. The molecule has 0 aliphatic carbocycles. The lowest BCUT2D eigenvalue weighted by atomic mass is 10.2. The number of rotatable bonds is 6. The van der Waals surface area contributed by atoms with Crippen molar-refractivity contribution in [2.75, 3.05) is 5.32 Å². The second kappa shape index (κ2) is 8.12. The topological polar surface area (TPSA) is 80.9 Å². The van der Waals surface area contributed by atoms with Crippen LogP contribution in [-0.4, -0.2) is 15.9 Å². The molecule has 1 aromatic heterocycles. The van der Waals surface area contributed by atoms with Crippen LogP contribution in [0, 0.1) is 0 Å². The van der Waals surface area contributed by atoms with Crippen LogP contribution >= 0.6 is 11.8 Å². The van der Waals surface area contributed by atoms with Gasteiger partial charge in [0, 0.05) is 22.9 Å².